The average molecular weight is 380 g/mol. The van der Waals surface area contributed by atoms with Gasteiger partial charge in [0.1, 0.15) is 12.5 Å². The van der Waals surface area contributed by atoms with Crippen LogP contribution in [0, 0.1) is 0 Å². The minimum Gasteiger partial charge on any atom is -0.391 e. The first-order valence-corrected chi connectivity index (χ1v) is 8.99. The van der Waals surface area contributed by atoms with Gasteiger partial charge in [0.15, 0.2) is 0 Å². The first-order chi connectivity index (χ1) is 12.0. The molecule has 1 N–H and O–H groups in total. The molecule has 4 nitrogen and oxygen atoms in total. The maximum Gasteiger partial charge on any atom is 0.141 e. The lowest BCUT2D eigenvalue weighted by molar-refractivity contribution is -0.0653. The van der Waals surface area contributed by atoms with E-state index in [9.17, 15) is 5.11 Å². The second-order valence-electron chi connectivity index (χ2n) is 6.56. The second-order valence-corrected chi connectivity index (χ2v) is 7.37. The number of halogens is 2. The van der Waals surface area contributed by atoms with Gasteiger partial charge in [-0.1, -0.05) is 59.6 Å². The van der Waals surface area contributed by atoms with Gasteiger partial charge >= 0.3 is 0 Å². The molecule has 4 rings (SSSR count). The van der Waals surface area contributed by atoms with Crippen LogP contribution in [0.1, 0.15) is 30.5 Å². The predicted octanol–water partition coefficient (Wildman–Crippen LogP) is 4.17. The van der Waals surface area contributed by atoms with Crippen LogP contribution in [0.5, 0.6) is 0 Å². The molecular formula is C19H19Cl2NO3. The Balaban J connectivity index is 1.81. The van der Waals surface area contributed by atoms with Crippen LogP contribution in [0.3, 0.4) is 0 Å². The second kappa shape index (κ2) is 6.54. The fourth-order valence-corrected chi connectivity index (χ4v) is 4.13. The number of benzene rings is 2. The topological polar surface area (TPSA) is 41.9 Å². The Morgan fingerprint density at radius 3 is 1.80 bits per heavy atom. The fourth-order valence-electron chi connectivity index (χ4n) is 3.67. The molecule has 0 saturated carbocycles. The Bertz CT molecular complexity index is 725. The van der Waals surface area contributed by atoms with Gasteiger partial charge in [-0.3, -0.25) is 0 Å². The number of hydrogen-bond donors (Lipinski definition) is 1. The summed E-state index contributed by atoms with van der Waals surface area (Å²) in [6.07, 6.45) is -1.45. The Morgan fingerprint density at radius 2 is 1.40 bits per heavy atom. The van der Waals surface area contributed by atoms with E-state index < -0.39 is 24.1 Å². The number of aliphatic hydroxyl groups excluding tert-OH is 1. The van der Waals surface area contributed by atoms with Crippen molar-refractivity contribution in [3.05, 3.63) is 69.7 Å². The Morgan fingerprint density at radius 1 is 0.960 bits per heavy atom. The molecule has 3 atom stereocenters. The molecule has 0 aromatic heterocycles. The van der Waals surface area contributed by atoms with Gasteiger partial charge in [-0.05, 0) is 19.1 Å². The van der Waals surface area contributed by atoms with E-state index in [1.807, 2.05) is 48.5 Å². The molecule has 0 bridgehead atoms. The van der Waals surface area contributed by atoms with Crippen molar-refractivity contribution in [1.82, 2.24) is 4.90 Å². The summed E-state index contributed by atoms with van der Waals surface area (Å²) in [4.78, 5) is 2.07. The molecule has 2 aliphatic heterocycles. The third kappa shape index (κ3) is 2.69. The van der Waals surface area contributed by atoms with Gasteiger partial charge in [0.25, 0.3) is 0 Å². The molecule has 132 valence electrons. The molecule has 6 heteroatoms. The lowest BCUT2D eigenvalue weighted by Gasteiger charge is -2.36. The number of hydrogen-bond acceptors (Lipinski definition) is 4. The summed E-state index contributed by atoms with van der Waals surface area (Å²) in [7, 11) is 0. The Hall–Kier alpha value is -1.14. The zero-order valence-electron chi connectivity index (χ0n) is 13.7. The minimum absolute atomic E-state index is 0.363. The van der Waals surface area contributed by atoms with Crippen molar-refractivity contribution in [2.45, 2.75) is 31.0 Å². The lowest BCUT2D eigenvalue weighted by Crippen LogP contribution is -2.52. The lowest BCUT2D eigenvalue weighted by atomic mass is 9.94. The molecular weight excluding hydrogens is 361 g/mol. The van der Waals surface area contributed by atoms with Gasteiger partial charge in [-0.15, -0.1) is 0 Å². The molecule has 2 aromatic carbocycles. The molecule has 0 radical (unpaired) electrons. The fraction of sp³-hybridized carbons (Fsp3) is 0.368. The summed E-state index contributed by atoms with van der Waals surface area (Å²) in [6, 6.07) is 15.2. The van der Waals surface area contributed by atoms with Crippen molar-refractivity contribution in [3.8, 4) is 0 Å². The van der Waals surface area contributed by atoms with Crippen LogP contribution in [-0.4, -0.2) is 34.9 Å². The number of aliphatic hydroxyl groups is 1. The van der Waals surface area contributed by atoms with Gasteiger partial charge in [0.2, 0.25) is 0 Å². The largest absolute Gasteiger partial charge is 0.391 e. The number of rotatable bonds is 3. The van der Waals surface area contributed by atoms with Crippen molar-refractivity contribution >= 4 is 23.2 Å². The van der Waals surface area contributed by atoms with Crippen molar-refractivity contribution in [2.24, 2.45) is 0 Å². The molecule has 0 amide bonds. The SMILES string of the molecule is CC(O)C12COC(c3ccccc3Cl)N1C(c1ccccc1Cl)OC2. The first kappa shape index (κ1) is 17.3. The average Bonchev–Trinajstić information content (AvgIpc) is 3.15. The van der Waals surface area contributed by atoms with E-state index in [-0.39, 0.29) is 0 Å². The minimum atomic E-state index is -0.632. The van der Waals surface area contributed by atoms with E-state index in [0.29, 0.717) is 23.3 Å². The summed E-state index contributed by atoms with van der Waals surface area (Å²) < 4.78 is 12.2. The predicted molar refractivity (Wildman–Crippen MR) is 96.5 cm³/mol. The maximum absolute atomic E-state index is 10.5. The number of fused-ring (bicyclic) bond motifs is 1. The van der Waals surface area contributed by atoms with Crippen LogP contribution >= 0.6 is 23.2 Å². The summed E-state index contributed by atoms with van der Waals surface area (Å²) in [6.45, 7) is 2.49. The van der Waals surface area contributed by atoms with Crippen molar-refractivity contribution in [3.63, 3.8) is 0 Å². The van der Waals surface area contributed by atoms with Crippen LogP contribution in [-0.2, 0) is 9.47 Å². The van der Waals surface area contributed by atoms with Gasteiger partial charge in [-0.25, -0.2) is 4.90 Å². The Labute approximate surface area is 156 Å². The zero-order chi connectivity index (χ0) is 17.6. The molecule has 2 saturated heterocycles. The molecule has 0 spiro atoms. The van der Waals surface area contributed by atoms with Gasteiger partial charge in [0.05, 0.1) is 24.9 Å². The van der Waals surface area contributed by atoms with E-state index in [2.05, 4.69) is 4.90 Å². The van der Waals surface area contributed by atoms with E-state index in [1.165, 1.54) is 0 Å². The summed E-state index contributed by atoms with van der Waals surface area (Å²) in [5, 5.41) is 11.8. The van der Waals surface area contributed by atoms with E-state index >= 15 is 0 Å². The van der Waals surface area contributed by atoms with Crippen LogP contribution in [0.2, 0.25) is 10.0 Å². The first-order valence-electron chi connectivity index (χ1n) is 8.23. The van der Waals surface area contributed by atoms with Gasteiger partial charge in [-0.2, -0.15) is 0 Å². The highest BCUT2D eigenvalue weighted by molar-refractivity contribution is 6.31. The molecule has 2 heterocycles. The molecule has 2 aliphatic rings. The number of ether oxygens (including phenoxy) is 2. The zero-order valence-corrected chi connectivity index (χ0v) is 15.2. The molecule has 2 fully saturated rings. The van der Waals surface area contributed by atoms with Crippen molar-refractivity contribution < 1.29 is 14.6 Å². The maximum atomic E-state index is 10.5. The molecule has 2 aromatic rings. The van der Waals surface area contributed by atoms with Crippen molar-refractivity contribution in [2.75, 3.05) is 13.2 Å². The van der Waals surface area contributed by atoms with Crippen LogP contribution in [0.15, 0.2) is 48.5 Å². The van der Waals surface area contributed by atoms with Gasteiger partial charge < -0.3 is 14.6 Å². The van der Waals surface area contributed by atoms with E-state index in [1.54, 1.807) is 6.92 Å². The molecule has 0 aliphatic carbocycles. The van der Waals surface area contributed by atoms with Crippen LogP contribution in [0.25, 0.3) is 0 Å². The smallest absolute Gasteiger partial charge is 0.141 e. The quantitative estimate of drug-likeness (QED) is 0.868. The van der Waals surface area contributed by atoms with Crippen LogP contribution < -0.4 is 0 Å². The van der Waals surface area contributed by atoms with E-state index in [4.69, 9.17) is 32.7 Å². The highest BCUT2D eigenvalue weighted by Crippen LogP contribution is 2.52. The summed E-state index contributed by atoms with van der Waals surface area (Å²) in [5.41, 5.74) is 1.08. The normalized spacial score (nSPS) is 30.4. The third-order valence-electron chi connectivity index (χ3n) is 5.12. The number of nitrogens with zero attached hydrogens (tertiary/aromatic N) is 1. The van der Waals surface area contributed by atoms with Crippen molar-refractivity contribution in [1.29, 1.82) is 0 Å². The van der Waals surface area contributed by atoms with Crippen LogP contribution in [0.4, 0.5) is 0 Å². The van der Waals surface area contributed by atoms with E-state index in [0.717, 1.165) is 11.1 Å². The highest BCUT2D eigenvalue weighted by Gasteiger charge is 2.59. The van der Waals surface area contributed by atoms with Gasteiger partial charge in [0, 0.05) is 21.2 Å². The summed E-state index contributed by atoms with van der Waals surface area (Å²) in [5.74, 6) is 0. The molecule has 25 heavy (non-hydrogen) atoms. The standard InChI is InChI=1S/C19H19Cl2NO3/c1-12(23)19-10-24-17(13-6-2-4-8-15(13)20)22(19)18(25-11-19)14-7-3-5-9-16(14)21/h2-9,12,17-18,23H,10-11H2,1H3. The highest BCUT2D eigenvalue weighted by atomic mass is 35.5. The monoisotopic (exact) mass is 379 g/mol. The summed E-state index contributed by atoms with van der Waals surface area (Å²) >= 11 is 12.8. The third-order valence-corrected chi connectivity index (χ3v) is 5.81. The molecule has 3 unspecified atom stereocenters. The Kier molecular flexibility index (Phi) is 4.52.